The maximum absolute atomic E-state index is 11.6. The quantitative estimate of drug-likeness (QED) is 0.521. The maximum atomic E-state index is 11.6. The highest BCUT2D eigenvalue weighted by Gasteiger charge is 2.35. The van der Waals surface area contributed by atoms with Crippen LogP contribution in [0.3, 0.4) is 0 Å². The standard InChI is InChI=1S/C16H24N6O3.2H2O/c1-2-25-13(23)9-17-12-4-3-11-10-22-15(18-14(11)12)19-16(20-22)21-5-7-24-8-6-21;;/h12,17H,2-10H2,1H3,(H,18,19,20);2*1H2. The molecule has 4 aliphatic rings. The maximum Gasteiger partial charge on any atom is 0.319 e. The zero-order valence-electron chi connectivity index (χ0n) is 15.5. The van der Waals surface area contributed by atoms with Crippen LogP contribution in [0.25, 0.3) is 0 Å². The molecule has 152 valence electrons. The number of fused-ring (bicyclic) bond motifs is 1. The molecule has 0 spiro atoms. The number of morpholine rings is 1. The van der Waals surface area contributed by atoms with Gasteiger partial charge in [-0.05, 0) is 25.3 Å². The Hall–Kier alpha value is -2.21. The Morgan fingerprint density at radius 3 is 2.85 bits per heavy atom. The fraction of sp³-hybridized carbons (Fsp3) is 0.688. The molecule has 11 heteroatoms. The fourth-order valence-corrected chi connectivity index (χ4v) is 3.53. The van der Waals surface area contributed by atoms with Crippen LogP contribution < -0.4 is 10.7 Å². The molecule has 1 unspecified atom stereocenters. The van der Waals surface area contributed by atoms with Gasteiger partial charge in [-0.3, -0.25) is 15.5 Å². The van der Waals surface area contributed by atoms with E-state index in [0.29, 0.717) is 12.6 Å². The Balaban J connectivity index is 0.00000131. The van der Waals surface area contributed by atoms with Gasteiger partial charge in [-0.1, -0.05) is 0 Å². The summed E-state index contributed by atoms with van der Waals surface area (Å²) < 4.78 is 10.4. The van der Waals surface area contributed by atoms with Crippen molar-refractivity contribution in [2.75, 3.05) is 46.0 Å². The van der Waals surface area contributed by atoms with E-state index in [-0.39, 0.29) is 29.5 Å². The number of hydrogen-bond acceptors (Lipinski definition) is 9. The number of nitrogens with one attached hydrogen (secondary N) is 2. The van der Waals surface area contributed by atoms with Crippen LogP contribution in [0.2, 0.25) is 0 Å². The number of hydrogen-bond donors (Lipinski definition) is 2. The highest BCUT2D eigenvalue weighted by atomic mass is 16.5. The summed E-state index contributed by atoms with van der Waals surface area (Å²) in [5, 5.41) is 5.26. The second-order valence-electron chi connectivity index (χ2n) is 6.41. The third-order valence-electron chi connectivity index (χ3n) is 4.79. The lowest BCUT2D eigenvalue weighted by atomic mass is 10.2. The zero-order chi connectivity index (χ0) is 17.2. The van der Waals surface area contributed by atoms with Crippen LogP contribution in [-0.2, 0) is 14.3 Å². The van der Waals surface area contributed by atoms with Crippen molar-refractivity contribution in [1.82, 2.24) is 20.7 Å². The van der Waals surface area contributed by atoms with E-state index in [1.54, 1.807) is 0 Å². The lowest BCUT2D eigenvalue weighted by Crippen LogP contribution is -2.50. The van der Waals surface area contributed by atoms with Gasteiger partial charge in [0, 0.05) is 13.1 Å². The van der Waals surface area contributed by atoms with Crippen LogP contribution in [0.4, 0.5) is 0 Å². The molecule has 3 heterocycles. The highest BCUT2D eigenvalue weighted by molar-refractivity contribution is 6.01. The number of esters is 1. The number of ether oxygens (including phenoxy) is 2. The summed E-state index contributed by atoms with van der Waals surface area (Å²) >= 11 is 0. The van der Waals surface area contributed by atoms with Crippen LogP contribution >= 0.6 is 0 Å². The lowest BCUT2D eigenvalue weighted by molar-refractivity contribution is -0.142. The first-order valence-electron chi connectivity index (χ1n) is 8.90. The van der Waals surface area contributed by atoms with Crippen molar-refractivity contribution in [3.8, 4) is 0 Å². The summed E-state index contributed by atoms with van der Waals surface area (Å²) in [6, 6.07) is 0.0942. The number of nitrogens with zero attached hydrogens (tertiary/aromatic N) is 4. The second-order valence-corrected chi connectivity index (χ2v) is 6.41. The van der Waals surface area contributed by atoms with Gasteiger partial charge in [0.05, 0.1) is 44.6 Å². The summed E-state index contributed by atoms with van der Waals surface area (Å²) in [6.07, 6.45) is 1.94. The topological polar surface area (TPSA) is 154 Å². The molecule has 3 aliphatic heterocycles. The van der Waals surface area contributed by atoms with Crippen LogP contribution in [-0.4, -0.2) is 90.8 Å². The van der Waals surface area contributed by atoms with E-state index in [9.17, 15) is 4.79 Å². The molecular formula is C16H28N6O5. The molecule has 1 atom stereocenters. The van der Waals surface area contributed by atoms with Gasteiger partial charge in [-0.25, -0.2) is 10.0 Å². The molecule has 6 N–H and O–H groups in total. The second kappa shape index (κ2) is 9.13. The molecule has 0 aromatic rings. The minimum absolute atomic E-state index is 0. The number of guanidine groups is 2. The monoisotopic (exact) mass is 384 g/mol. The predicted octanol–water partition coefficient (Wildman–Crippen LogP) is -2.22. The van der Waals surface area contributed by atoms with E-state index in [1.807, 2.05) is 11.9 Å². The van der Waals surface area contributed by atoms with Gasteiger partial charge < -0.3 is 25.3 Å². The third-order valence-corrected chi connectivity index (χ3v) is 4.79. The summed E-state index contributed by atoms with van der Waals surface area (Å²) in [4.78, 5) is 23.2. The highest BCUT2D eigenvalue weighted by Crippen LogP contribution is 2.32. The number of hydrazine groups is 1. The van der Waals surface area contributed by atoms with Gasteiger partial charge >= 0.3 is 5.97 Å². The molecule has 0 aromatic carbocycles. The van der Waals surface area contributed by atoms with E-state index in [2.05, 4.69) is 20.6 Å². The summed E-state index contributed by atoms with van der Waals surface area (Å²) in [5.74, 6) is 1.32. The van der Waals surface area contributed by atoms with Crippen molar-refractivity contribution in [3.63, 3.8) is 0 Å². The van der Waals surface area contributed by atoms with Crippen LogP contribution in [0.1, 0.15) is 19.8 Å². The SMILES string of the molecule is CCOC(=O)CNC1CCC2=C1N=C1N=C(N3CCOCC3)NN1C2.O.O. The van der Waals surface area contributed by atoms with Gasteiger partial charge in [0.2, 0.25) is 11.9 Å². The number of carbonyl (C=O) groups excluding carboxylic acids is 1. The number of aliphatic imine (C=N–C) groups is 2. The van der Waals surface area contributed by atoms with Crippen LogP contribution in [0.15, 0.2) is 21.3 Å². The zero-order valence-corrected chi connectivity index (χ0v) is 15.5. The van der Waals surface area contributed by atoms with E-state index in [0.717, 1.165) is 57.3 Å². The predicted molar refractivity (Wildman–Crippen MR) is 99.0 cm³/mol. The molecule has 27 heavy (non-hydrogen) atoms. The summed E-state index contributed by atoms with van der Waals surface area (Å²) in [7, 11) is 0. The fourth-order valence-electron chi connectivity index (χ4n) is 3.53. The minimum atomic E-state index is -0.225. The van der Waals surface area contributed by atoms with E-state index in [1.165, 1.54) is 5.57 Å². The number of carbonyl (C=O) groups is 1. The lowest BCUT2D eigenvalue weighted by Gasteiger charge is -2.30. The molecule has 1 fully saturated rings. The van der Waals surface area contributed by atoms with Crippen molar-refractivity contribution in [1.29, 1.82) is 0 Å². The first kappa shape index (κ1) is 21.1. The van der Waals surface area contributed by atoms with Gasteiger partial charge in [-0.15, -0.1) is 0 Å². The van der Waals surface area contributed by atoms with Crippen LogP contribution in [0, 0.1) is 0 Å². The van der Waals surface area contributed by atoms with Crippen molar-refractivity contribution < 1.29 is 25.2 Å². The Kier molecular flexibility index (Phi) is 7.13. The van der Waals surface area contributed by atoms with Crippen molar-refractivity contribution in [3.05, 3.63) is 11.3 Å². The van der Waals surface area contributed by atoms with Gasteiger partial charge in [-0.2, -0.15) is 4.99 Å². The summed E-state index contributed by atoms with van der Waals surface area (Å²) in [5.41, 5.74) is 5.68. The first-order chi connectivity index (χ1) is 12.2. The molecule has 1 saturated heterocycles. The van der Waals surface area contributed by atoms with Crippen molar-refractivity contribution in [2.45, 2.75) is 25.8 Å². The molecule has 0 saturated carbocycles. The van der Waals surface area contributed by atoms with Gasteiger partial charge in [0.1, 0.15) is 0 Å². The molecule has 0 bridgehead atoms. The first-order valence-corrected chi connectivity index (χ1v) is 8.90. The van der Waals surface area contributed by atoms with E-state index < -0.39 is 0 Å². The Bertz CT molecular complexity index is 643. The van der Waals surface area contributed by atoms with Gasteiger partial charge in [0.15, 0.2) is 0 Å². The largest absolute Gasteiger partial charge is 0.465 e. The van der Waals surface area contributed by atoms with Gasteiger partial charge in [0.25, 0.3) is 0 Å². The number of rotatable bonds is 4. The summed E-state index contributed by atoms with van der Waals surface area (Å²) in [6.45, 7) is 6.33. The Morgan fingerprint density at radius 2 is 2.11 bits per heavy atom. The third kappa shape index (κ3) is 4.38. The average molecular weight is 384 g/mol. The van der Waals surface area contributed by atoms with E-state index >= 15 is 0 Å². The van der Waals surface area contributed by atoms with Crippen LogP contribution in [0.5, 0.6) is 0 Å². The Labute approximate surface area is 157 Å². The smallest absolute Gasteiger partial charge is 0.319 e. The Morgan fingerprint density at radius 1 is 1.33 bits per heavy atom. The molecule has 0 radical (unpaired) electrons. The minimum Gasteiger partial charge on any atom is -0.465 e. The molecule has 4 rings (SSSR count). The van der Waals surface area contributed by atoms with Crippen molar-refractivity contribution in [2.24, 2.45) is 9.98 Å². The molecule has 0 aromatic heterocycles. The van der Waals surface area contributed by atoms with Crippen molar-refractivity contribution >= 4 is 17.9 Å². The molecule has 1 aliphatic carbocycles. The normalized spacial score (nSPS) is 23.4. The average Bonchev–Trinajstić information content (AvgIpc) is 3.22. The molecular weight excluding hydrogens is 356 g/mol. The van der Waals surface area contributed by atoms with E-state index in [4.69, 9.17) is 14.5 Å². The molecule has 0 amide bonds. The molecule has 11 nitrogen and oxygen atoms in total.